The molecule has 2 aromatic heterocycles. The third-order valence-electron chi connectivity index (χ3n) is 4.78. The van der Waals surface area contributed by atoms with Gasteiger partial charge >= 0.3 is 0 Å². The van der Waals surface area contributed by atoms with Crippen LogP contribution in [0.15, 0.2) is 37.1 Å². The zero-order valence-corrected chi connectivity index (χ0v) is 13.8. The number of carbonyl (C=O) groups excluding carboxylic acids is 1. The van der Waals surface area contributed by atoms with Crippen LogP contribution in [0.25, 0.3) is 5.82 Å². The highest BCUT2D eigenvalue weighted by molar-refractivity contribution is 5.78. The van der Waals surface area contributed by atoms with Crippen molar-refractivity contribution in [2.75, 3.05) is 0 Å². The smallest absolute Gasteiger partial charge is 0.223 e. The number of nitrogens with one attached hydrogen (secondary N) is 1. The Kier molecular flexibility index (Phi) is 4.46. The minimum Gasteiger partial charge on any atom is -0.352 e. The number of carbonyl (C=O) groups is 1. The van der Waals surface area contributed by atoms with E-state index in [-0.39, 0.29) is 11.8 Å². The van der Waals surface area contributed by atoms with E-state index in [2.05, 4.69) is 29.1 Å². The molecule has 1 aliphatic carbocycles. The molecule has 2 aromatic rings. The van der Waals surface area contributed by atoms with E-state index in [1.54, 1.807) is 18.7 Å². The second-order valence-corrected chi connectivity index (χ2v) is 7.11. The maximum atomic E-state index is 12.4. The molecule has 1 N–H and O–H groups in total. The number of hydrogen-bond donors (Lipinski definition) is 1. The van der Waals surface area contributed by atoms with E-state index in [0.29, 0.717) is 12.0 Å². The Labute approximate surface area is 137 Å². The largest absolute Gasteiger partial charge is 0.352 e. The number of imidazole rings is 1. The average Bonchev–Trinajstić information content (AvgIpc) is 3.07. The Morgan fingerprint density at radius 3 is 2.83 bits per heavy atom. The molecule has 1 amide bonds. The van der Waals surface area contributed by atoms with Crippen molar-refractivity contribution in [1.29, 1.82) is 0 Å². The van der Waals surface area contributed by atoms with Crippen LogP contribution in [0, 0.1) is 11.3 Å². The van der Waals surface area contributed by atoms with Crippen LogP contribution in [0.1, 0.15) is 45.1 Å². The minimum absolute atomic E-state index is 0.149. The lowest BCUT2D eigenvalue weighted by molar-refractivity contribution is -0.126. The lowest BCUT2D eigenvalue weighted by atomic mass is 9.73. The molecular weight excluding hydrogens is 288 g/mol. The first-order valence-corrected chi connectivity index (χ1v) is 8.25. The maximum absolute atomic E-state index is 12.4. The normalized spacial score (nSPS) is 17.8. The molecule has 122 valence electrons. The zero-order valence-electron chi connectivity index (χ0n) is 13.8. The summed E-state index contributed by atoms with van der Waals surface area (Å²) in [5.41, 5.74) is 1.38. The fourth-order valence-electron chi connectivity index (χ4n) is 3.17. The molecule has 0 spiro atoms. The van der Waals surface area contributed by atoms with Crippen LogP contribution in [0.2, 0.25) is 0 Å². The SMILES string of the molecule is CC1(C)CCC(C(=O)NCc2cccnc2-n2ccnc2)CC1. The number of nitrogens with zero attached hydrogens (tertiary/aromatic N) is 3. The summed E-state index contributed by atoms with van der Waals surface area (Å²) in [4.78, 5) is 20.9. The maximum Gasteiger partial charge on any atom is 0.223 e. The van der Waals surface area contributed by atoms with Gasteiger partial charge in [0.2, 0.25) is 5.91 Å². The van der Waals surface area contributed by atoms with Gasteiger partial charge < -0.3 is 5.32 Å². The molecule has 0 radical (unpaired) electrons. The van der Waals surface area contributed by atoms with Gasteiger partial charge in [0.05, 0.1) is 0 Å². The van der Waals surface area contributed by atoms with Crippen molar-refractivity contribution in [2.45, 2.75) is 46.1 Å². The highest BCUT2D eigenvalue weighted by Gasteiger charge is 2.30. The summed E-state index contributed by atoms with van der Waals surface area (Å²) in [6.07, 6.45) is 11.3. The van der Waals surface area contributed by atoms with Crippen LogP contribution >= 0.6 is 0 Å². The van der Waals surface area contributed by atoms with Crippen LogP contribution < -0.4 is 5.32 Å². The van der Waals surface area contributed by atoms with Gasteiger partial charge in [-0.25, -0.2) is 9.97 Å². The van der Waals surface area contributed by atoms with Gasteiger partial charge in [0.25, 0.3) is 0 Å². The summed E-state index contributed by atoms with van der Waals surface area (Å²) in [5.74, 6) is 1.13. The Balaban J connectivity index is 1.62. The first-order valence-electron chi connectivity index (χ1n) is 8.25. The van der Waals surface area contributed by atoms with Gasteiger partial charge in [0.1, 0.15) is 12.1 Å². The average molecular weight is 312 g/mol. The van der Waals surface area contributed by atoms with Gasteiger partial charge in [-0.2, -0.15) is 0 Å². The second-order valence-electron chi connectivity index (χ2n) is 7.11. The molecule has 0 saturated heterocycles. The topological polar surface area (TPSA) is 59.8 Å². The Morgan fingerprint density at radius 1 is 1.35 bits per heavy atom. The number of amides is 1. The summed E-state index contributed by atoms with van der Waals surface area (Å²) in [7, 11) is 0. The van der Waals surface area contributed by atoms with E-state index in [1.165, 1.54) is 0 Å². The van der Waals surface area contributed by atoms with Gasteiger partial charge in [-0.05, 0) is 37.2 Å². The monoisotopic (exact) mass is 312 g/mol. The van der Waals surface area contributed by atoms with E-state index >= 15 is 0 Å². The minimum atomic E-state index is 0.149. The van der Waals surface area contributed by atoms with Crippen LogP contribution in [0.4, 0.5) is 0 Å². The zero-order chi connectivity index (χ0) is 16.3. The molecule has 1 fully saturated rings. The molecule has 23 heavy (non-hydrogen) atoms. The molecule has 2 heterocycles. The summed E-state index contributed by atoms with van der Waals surface area (Å²) < 4.78 is 1.87. The lowest BCUT2D eigenvalue weighted by Crippen LogP contribution is -2.34. The standard InChI is InChI=1S/C18H24N4O/c1-18(2)7-5-14(6-8-18)17(23)21-12-15-4-3-9-20-16(15)22-11-10-19-13-22/h3-4,9-11,13-14H,5-8,12H2,1-2H3,(H,21,23). The summed E-state index contributed by atoms with van der Waals surface area (Å²) in [5, 5.41) is 3.09. The van der Waals surface area contributed by atoms with Crippen molar-refractivity contribution in [3.8, 4) is 5.82 Å². The Hall–Kier alpha value is -2.17. The molecular formula is C18H24N4O. The Bertz CT molecular complexity index is 653. The molecule has 1 aliphatic rings. The molecule has 0 aliphatic heterocycles. The van der Waals surface area contributed by atoms with Gasteiger partial charge in [-0.3, -0.25) is 9.36 Å². The molecule has 3 rings (SSSR count). The van der Waals surface area contributed by atoms with Crippen LogP contribution in [0.3, 0.4) is 0 Å². The number of aromatic nitrogens is 3. The van der Waals surface area contributed by atoms with Crippen molar-refractivity contribution in [1.82, 2.24) is 19.9 Å². The van der Waals surface area contributed by atoms with Gasteiger partial charge in [-0.15, -0.1) is 0 Å². The third kappa shape index (κ3) is 3.78. The van der Waals surface area contributed by atoms with Gasteiger partial charge in [0, 0.05) is 36.6 Å². The van der Waals surface area contributed by atoms with Gasteiger partial charge in [-0.1, -0.05) is 19.9 Å². The van der Waals surface area contributed by atoms with Crippen LogP contribution in [-0.4, -0.2) is 20.4 Å². The lowest BCUT2D eigenvalue weighted by Gasteiger charge is -2.33. The van der Waals surface area contributed by atoms with E-state index < -0.39 is 0 Å². The van der Waals surface area contributed by atoms with Gasteiger partial charge in [0.15, 0.2) is 0 Å². The highest BCUT2D eigenvalue weighted by atomic mass is 16.1. The molecule has 0 aromatic carbocycles. The van der Waals surface area contributed by atoms with Crippen molar-refractivity contribution >= 4 is 5.91 Å². The molecule has 1 saturated carbocycles. The van der Waals surface area contributed by atoms with Crippen molar-refractivity contribution in [2.24, 2.45) is 11.3 Å². The first-order chi connectivity index (χ1) is 11.1. The first kappa shape index (κ1) is 15.7. The molecule has 5 nitrogen and oxygen atoms in total. The predicted molar refractivity (Wildman–Crippen MR) is 88.9 cm³/mol. The summed E-state index contributed by atoms with van der Waals surface area (Å²) in [6.45, 7) is 5.07. The van der Waals surface area contributed by atoms with Crippen LogP contribution in [-0.2, 0) is 11.3 Å². The molecule has 0 bridgehead atoms. The van der Waals surface area contributed by atoms with E-state index in [9.17, 15) is 4.79 Å². The molecule has 0 unspecified atom stereocenters. The predicted octanol–water partition coefficient (Wildman–Crippen LogP) is 3.10. The quantitative estimate of drug-likeness (QED) is 0.943. The Morgan fingerprint density at radius 2 is 2.13 bits per heavy atom. The second kappa shape index (κ2) is 6.52. The van der Waals surface area contributed by atoms with E-state index in [1.807, 2.05) is 22.9 Å². The van der Waals surface area contributed by atoms with Crippen molar-refractivity contribution in [3.63, 3.8) is 0 Å². The number of hydrogen-bond acceptors (Lipinski definition) is 3. The van der Waals surface area contributed by atoms with Crippen LogP contribution in [0.5, 0.6) is 0 Å². The summed E-state index contributed by atoms with van der Waals surface area (Å²) in [6, 6.07) is 3.89. The van der Waals surface area contributed by atoms with E-state index in [0.717, 1.165) is 37.1 Å². The van der Waals surface area contributed by atoms with Crippen molar-refractivity contribution < 1.29 is 4.79 Å². The highest BCUT2D eigenvalue weighted by Crippen LogP contribution is 2.37. The third-order valence-corrected chi connectivity index (χ3v) is 4.78. The number of rotatable bonds is 4. The molecule has 0 atom stereocenters. The summed E-state index contributed by atoms with van der Waals surface area (Å²) >= 11 is 0. The number of pyridine rings is 1. The fraction of sp³-hybridized carbons (Fsp3) is 0.500. The molecule has 5 heteroatoms. The van der Waals surface area contributed by atoms with E-state index in [4.69, 9.17) is 0 Å². The fourth-order valence-corrected chi connectivity index (χ4v) is 3.17. The van der Waals surface area contributed by atoms with Crippen molar-refractivity contribution in [3.05, 3.63) is 42.6 Å².